The first-order valence-corrected chi connectivity index (χ1v) is 8.32. The maximum atomic E-state index is 12.2. The Kier molecular flexibility index (Phi) is 6.46. The van der Waals surface area contributed by atoms with Crippen LogP contribution in [0.3, 0.4) is 0 Å². The molecule has 0 radical (unpaired) electrons. The summed E-state index contributed by atoms with van der Waals surface area (Å²) in [5, 5.41) is 9.08. The van der Waals surface area contributed by atoms with Crippen LogP contribution in [0.4, 0.5) is 0 Å². The van der Waals surface area contributed by atoms with Gasteiger partial charge in [0.25, 0.3) is 5.91 Å². The second-order valence-electron chi connectivity index (χ2n) is 6.49. The van der Waals surface area contributed by atoms with Gasteiger partial charge < -0.3 is 19.5 Å². The lowest BCUT2D eigenvalue weighted by atomic mass is 9.98. The van der Waals surface area contributed by atoms with Crippen molar-refractivity contribution in [3.05, 3.63) is 24.3 Å². The SMILES string of the molecule is CC(C)COc1cccc(OCC(=O)N2CCC[C@H](C(=O)O)C2)c1. The van der Waals surface area contributed by atoms with Crippen molar-refractivity contribution < 1.29 is 24.2 Å². The third kappa shape index (κ3) is 5.44. The van der Waals surface area contributed by atoms with Crippen molar-refractivity contribution >= 4 is 11.9 Å². The zero-order chi connectivity index (χ0) is 17.5. The molecule has 1 heterocycles. The third-order valence-electron chi connectivity index (χ3n) is 3.87. The molecule has 0 bridgehead atoms. The highest BCUT2D eigenvalue weighted by atomic mass is 16.5. The molecule has 1 saturated heterocycles. The van der Waals surface area contributed by atoms with Crippen LogP contribution in [0.1, 0.15) is 26.7 Å². The van der Waals surface area contributed by atoms with Gasteiger partial charge in [-0.1, -0.05) is 19.9 Å². The number of ether oxygens (including phenoxy) is 2. The van der Waals surface area contributed by atoms with Crippen LogP contribution in [0.2, 0.25) is 0 Å². The standard InChI is InChI=1S/C18H25NO5/c1-13(2)11-23-15-6-3-7-16(9-15)24-12-17(20)19-8-4-5-14(10-19)18(21)22/h3,6-7,9,13-14H,4-5,8,10-12H2,1-2H3,(H,21,22)/t14-/m0/s1. The highest BCUT2D eigenvalue weighted by Crippen LogP contribution is 2.21. The lowest BCUT2D eigenvalue weighted by molar-refractivity contribution is -0.146. The van der Waals surface area contributed by atoms with E-state index in [1.807, 2.05) is 12.1 Å². The first kappa shape index (κ1) is 18.1. The molecular formula is C18H25NO5. The molecule has 24 heavy (non-hydrogen) atoms. The molecular weight excluding hydrogens is 310 g/mol. The van der Waals surface area contributed by atoms with E-state index >= 15 is 0 Å². The van der Waals surface area contributed by atoms with Crippen molar-refractivity contribution in [3.63, 3.8) is 0 Å². The predicted molar refractivity (Wildman–Crippen MR) is 89.2 cm³/mol. The molecule has 6 heteroatoms. The van der Waals surface area contributed by atoms with Gasteiger partial charge in [0.15, 0.2) is 6.61 Å². The summed E-state index contributed by atoms with van der Waals surface area (Å²) >= 11 is 0. The first-order valence-electron chi connectivity index (χ1n) is 8.32. The van der Waals surface area contributed by atoms with Crippen molar-refractivity contribution in [1.29, 1.82) is 0 Å². The molecule has 0 aromatic heterocycles. The maximum absolute atomic E-state index is 12.2. The summed E-state index contributed by atoms with van der Waals surface area (Å²) in [5.41, 5.74) is 0. The molecule has 6 nitrogen and oxygen atoms in total. The summed E-state index contributed by atoms with van der Waals surface area (Å²) in [6.07, 6.45) is 1.33. The number of benzene rings is 1. The summed E-state index contributed by atoms with van der Waals surface area (Å²) in [6.45, 7) is 5.51. The maximum Gasteiger partial charge on any atom is 0.308 e. The van der Waals surface area contributed by atoms with Crippen LogP contribution >= 0.6 is 0 Å². The molecule has 1 aliphatic rings. The Labute approximate surface area is 142 Å². The van der Waals surface area contributed by atoms with E-state index in [0.717, 1.165) is 0 Å². The van der Waals surface area contributed by atoms with E-state index in [0.29, 0.717) is 43.4 Å². The number of hydrogen-bond acceptors (Lipinski definition) is 4. The molecule has 132 valence electrons. The number of likely N-dealkylation sites (tertiary alicyclic amines) is 1. The molecule has 1 N–H and O–H groups in total. The van der Waals surface area contributed by atoms with E-state index in [9.17, 15) is 9.59 Å². The normalized spacial score (nSPS) is 17.6. The molecule has 0 aliphatic carbocycles. The molecule has 0 saturated carbocycles. The van der Waals surface area contributed by atoms with Crippen LogP contribution in [0.15, 0.2) is 24.3 Å². The lowest BCUT2D eigenvalue weighted by Crippen LogP contribution is -2.44. The number of hydrogen-bond donors (Lipinski definition) is 1. The average molecular weight is 335 g/mol. The van der Waals surface area contributed by atoms with Crippen LogP contribution in [0, 0.1) is 11.8 Å². The number of nitrogens with zero attached hydrogens (tertiary/aromatic N) is 1. The summed E-state index contributed by atoms with van der Waals surface area (Å²) in [7, 11) is 0. The van der Waals surface area contributed by atoms with Gasteiger partial charge >= 0.3 is 5.97 Å². The van der Waals surface area contributed by atoms with Gasteiger partial charge in [-0.25, -0.2) is 0 Å². The molecule has 1 fully saturated rings. The number of carbonyl (C=O) groups is 2. The molecule has 1 aromatic rings. The van der Waals surface area contributed by atoms with E-state index in [2.05, 4.69) is 13.8 Å². The Morgan fingerprint density at radius 2 is 2.00 bits per heavy atom. The van der Waals surface area contributed by atoms with Gasteiger partial charge in [-0.3, -0.25) is 9.59 Å². The Morgan fingerprint density at radius 1 is 1.29 bits per heavy atom. The average Bonchev–Trinajstić information content (AvgIpc) is 2.58. The van der Waals surface area contributed by atoms with Crippen molar-refractivity contribution in [2.45, 2.75) is 26.7 Å². The van der Waals surface area contributed by atoms with Gasteiger partial charge in [0.1, 0.15) is 11.5 Å². The summed E-state index contributed by atoms with van der Waals surface area (Å²) < 4.78 is 11.2. The van der Waals surface area contributed by atoms with E-state index in [1.165, 1.54) is 0 Å². The van der Waals surface area contributed by atoms with Gasteiger partial charge in [0.2, 0.25) is 0 Å². The summed E-state index contributed by atoms with van der Waals surface area (Å²) in [6, 6.07) is 7.19. The number of carboxylic acids is 1. The molecule has 1 atom stereocenters. The van der Waals surface area contributed by atoms with Crippen molar-refractivity contribution in [2.24, 2.45) is 11.8 Å². The van der Waals surface area contributed by atoms with Gasteiger partial charge in [-0.2, -0.15) is 0 Å². The second kappa shape index (κ2) is 8.57. The number of rotatable bonds is 7. The van der Waals surface area contributed by atoms with E-state index < -0.39 is 11.9 Å². The zero-order valence-electron chi connectivity index (χ0n) is 14.2. The fourth-order valence-electron chi connectivity index (χ4n) is 2.56. The van der Waals surface area contributed by atoms with Crippen molar-refractivity contribution in [3.8, 4) is 11.5 Å². The van der Waals surface area contributed by atoms with Crippen molar-refractivity contribution in [1.82, 2.24) is 4.90 Å². The Morgan fingerprint density at radius 3 is 2.67 bits per heavy atom. The Hall–Kier alpha value is -2.24. The highest BCUT2D eigenvalue weighted by molar-refractivity contribution is 5.79. The summed E-state index contributed by atoms with van der Waals surface area (Å²) in [4.78, 5) is 24.9. The molecule has 0 spiro atoms. The number of carboxylic acid groups (broad SMARTS) is 1. The number of piperidine rings is 1. The monoisotopic (exact) mass is 335 g/mol. The molecule has 0 unspecified atom stereocenters. The number of carbonyl (C=O) groups excluding carboxylic acids is 1. The highest BCUT2D eigenvalue weighted by Gasteiger charge is 2.28. The van der Waals surface area contributed by atoms with Gasteiger partial charge in [-0.05, 0) is 30.9 Å². The second-order valence-corrected chi connectivity index (χ2v) is 6.49. The van der Waals surface area contributed by atoms with Crippen LogP contribution in [-0.2, 0) is 9.59 Å². The van der Waals surface area contributed by atoms with Crippen LogP contribution in [-0.4, -0.2) is 48.2 Å². The molecule has 1 aliphatic heterocycles. The zero-order valence-corrected chi connectivity index (χ0v) is 14.2. The van der Waals surface area contributed by atoms with Gasteiger partial charge in [0.05, 0.1) is 12.5 Å². The fourth-order valence-corrected chi connectivity index (χ4v) is 2.56. The number of aliphatic carboxylic acids is 1. The van der Waals surface area contributed by atoms with Crippen LogP contribution in [0.25, 0.3) is 0 Å². The lowest BCUT2D eigenvalue weighted by Gasteiger charge is -2.30. The topological polar surface area (TPSA) is 76.1 Å². The molecule has 2 rings (SSSR count). The van der Waals surface area contributed by atoms with E-state index in [4.69, 9.17) is 14.6 Å². The van der Waals surface area contributed by atoms with Crippen LogP contribution in [0.5, 0.6) is 11.5 Å². The molecule has 1 amide bonds. The fraction of sp³-hybridized carbons (Fsp3) is 0.556. The van der Waals surface area contributed by atoms with Gasteiger partial charge in [0, 0.05) is 19.2 Å². The minimum Gasteiger partial charge on any atom is -0.493 e. The van der Waals surface area contributed by atoms with Crippen molar-refractivity contribution in [2.75, 3.05) is 26.3 Å². The van der Waals surface area contributed by atoms with E-state index in [-0.39, 0.29) is 19.1 Å². The first-order chi connectivity index (χ1) is 11.5. The van der Waals surface area contributed by atoms with Crippen LogP contribution < -0.4 is 9.47 Å². The van der Waals surface area contributed by atoms with E-state index in [1.54, 1.807) is 17.0 Å². The minimum atomic E-state index is -0.844. The minimum absolute atomic E-state index is 0.0972. The largest absolute Gasteiger partial charge is 0.493 e. The Balaban J connectivity index is 1.85. The predicted octanol–water partition coefficient (Wildman–Crippen LogP) is 2.42. The number of amides is 1. The quantitative estimate of drug-likeness (QED) is 0.828. The third-order valence-corrected chi connectivity index (χ3v) is 3.87. The summed E-state index contributed by atoms with van der Waals surface area (Å²) in [5.74, 6) is 0.194. The molecule has 1 aromatic carbocycles. The Bertz CT molecular complexity index is 572. The van der Waals surface area contributed by atoms with Gasteiger partial charge in [-0.15, -0.1) is 0 Å². The smallest absolute Gasteiger partial charge is 0.308 e.